The molecule has 3 fully saturated rings. The minimum absolute atomic E-state index is 0.0374. The third-order valence-corrected chi connectivity index (χ3v) is 12.4. The predicted molar refractivity (Wildman–Crippen MR) is 192 cm³/mol. The lowest BCUT2D eigenvalue weighted by molar-refractivity contribution is -0.267. The number of furan rings is 1. The number of rotatable bonds is 9. The van der Waals surface area contributed by atoms with Crippen LogP contribution in [-0.4, -0.2) is 83.8 Å². The van der Waals surface area contributed by atoms with Gasteiger partial charge in [0, 0.05) is 52.7 Å². The van der Waals surface area contributed by atoms with Crippen LogP contribution in [-0.2, 0) is 62.0 Å². The van der Waals surface area contributed by atoms with E-state index in [1.54, 1.807) is 40.7 Å². The van der Waals surface area contributed by atoms with Crippen LogP contribution in [0.4, 0.5) is 0 Å². The van der Waals surface area contributed by atoms with Gasteiger partial charge in [-0.25, -0.2) is 19.2 Å². The highest BCUT2D eigenvalue weighted by atomic mass is 16.6. The molecule has 15 nitrogen and oxygen atoms in total. The number of allylic oxidation sites excluding steroid dienone is 2. The van der Waals surface area contributed by atoms with Crippen LogP contribution >= 0.6 is 0 Å². The average Bonchev–Trinajstić information content (AvgIpc) is 3.68. The van der Waals surface area contributed by atoms with Crippen molar-refractivity contribution < 1.29 is 71.5 Å². The molecule has 0 radical (unpaired) electrons. The van der Waals surface area contributed by atoms with Crippen molar-refractivity contribution >= 4 is 41.6 Å². The zero-order chi connectivity index (χ0) is 41.9. The van der Waals surface area contributed by atoms with Gasteiger partial charge in [0.2, 0.25) is 17.8 Å². The average molecular weight is 783 g/mol. The molecule has 2 heterocycles. The summed E-state index contributed by atoms with van der Waals surface area (Å²) >= 11 is 0. The quantitative estimate of drug-likeness (QED) is 0.160. The van der Waals surface area contributed by atoms with Crippen LogP contribution in [0, 0.1) is 28.1 Å². The number of aliphatic hydroxyl groups is 1. The first-order valence-corrected chi connectivity index (χ1v) is 18.4. The minimum atomic E-state index is -2.90. The number of hydrogen-bond acceptors (Lipinski definition) is 15. The number of carbonyl (C=O) groups excluding carboxylic acids is 7. The van der Waals surface area contributed by atoms with E-state index in [0.29, 0.717) is 5.56 Å². The Bertz CT molecular complexity index is 1930. The number of esters is 6. The van der Waals surface area contributed by atoms with E-state index in [-0.39, 0.29) is 35.1 Å². The van der Waals surface area contributed by atoms with Gasteiger partial charge in [-0.1, -0.05) is 39.8 Å². The second kappa shape index (κ2) is 14.8. The first kappa shape index (κ1) is 42.1. The second-order valence-corrected chi connectivity index (χ2v) is 16.0. The predicted octanol–water partition coefficient (Wildman–Crippen LogP) is 4.36. The van der Waals surface area contributed by atoms with E-state index >= 15 is 4.79 Å². The molecular formula is C41H50O15. The van der Waals surface area contributed by atoms with Crippen LogP contribution in [0.25, 0.3) is 0 Å². The molecule has 56 heavy (non-hydrogen) atoms. The van der Waals surface area contributed by atoms with Crippen LogP contribution in [0.1, 0.15) is 93.7 Å². The minimum Gasteiger partial charge on any atom is -0.472 e. The monoisotopic (exact) mass is 782 g/mol. The normalized spacial score (nSPS) is 34.2. The van der Waals surface area contributed by atoms with Crippen molar-refractivity contribution in [2.24, 2.45) is 28.1 Å². The number of hydrogen-bond donors (Lipinski definition) is 1. The van der Waals surface area contributed by atoms with E-state index in [9.17, 15) is 33.9 Å². The number of cyclic esters (lactones) is 1. The fraction of sp³-hybridized carbons (Fsp3) is 0.585. The van der Waals surface area contributed by atoms with Gasteiger partial charge >= 0.3 is 35.8 Å². The summed E-state index contributed by atoms with van der Waals surface area (Å²) in [7, 11) is 1.08. The number of carbonyl (C=O) groups is 7. The zero-order valence-electron chi connectivity index (χ0n) is 33.5. The van der Waals surface area contributed by atoms with Crippen LogP contribution in [0.3, 0.4) is 0 Å². The first-order chi connectivity index (χ1) is 26.1. The Morgan fingerprint density at radius 3 is 2.04 bits per heavy atom. The van der Waals surface area contributed by atoms with Crippen molar-refractivity contribution in [1.29, 1.82) is 0 Å². The zero-order valence-corrected chi connectivity index (χ0v) is 33.5. The summed E-state index contributed by atoms with van der Waals surface area (Å²) < 4.78 is 40.2. The van der Waals surface area contributed by atoms with Crippen LogP contribution in [0.5, 0.6) is 0 Å². The molecular weight excluding hydrogens is 732 g/mol. The Morgan fingerprint density at radius 1 is 0.911 bits per heavy atom. The Balaban J connectivity index is 1.97. The lowest BCUT2D eigenvalue weighted by Crippen LogP contribution is -2.81. The molecule has 2 bridgehead atoms. The molecule has 0 amide bonds. The molecule has 5 rings (SSSR count). The molecule has 1 N–H and O–H groups in total. The maximum atomic E-state index is 15.5. The molecule has 304 valence electrons. The molecule has 1 saturated heterocycles. The van der Waals surface area contributed by atoms with Gasteiger partial charge in [0.05, 0.1) is 19.6 Å². The summed E-state index contributed by atoms with van der Waals surface area (Å²) in [5.74, 6) is -9.11. The summed E-state index contributed by atoms with van der Waals surface area (Å²) in [4.78, 5) is 96.6. The number of fused-ring (bicyclic) bond motifs is 5. The van der Waals surface area contributed by atoms with Gasteiger partial charge in [0.1, 0.15) is 12.2 Å². The maximum absolute atomic E-state index is 15.5. The van der Waals surface area contributed by atoms with E-state index in [2.05, 4.69) is 0 Å². The SMILES string of the molecule is CC=C(C)C(=O)O[C@H]1C(=O)O[C@@H](c2ccoc2)[C@]2(C)CC[C@H]3C(=C12)[C@H](OC(C)=O)[C@]1(O)C(=O)[C@@]3(C)[C@@H]([C@@H](OC(C)=O)C(=O)OC)C(C)(C)[C@@H]1OC(=O)C(C)=CC. The highest BCUT2D eigenvalue weighted by molar-refractivity contribution is 6.00. The molecule has 15 heteroatoms. The second-order valence-electron chi connectivity index (χ2n) is 16.0. The molecule has 4 aliphatic rings. The smallest absolute Gasteiger partial charge is 0.352 e. The van der Waals surface area contributed by atoms with Crippen molar-refractivity contribution in [3.05, 3.63) is 58.6 Å². The molecule has 2 saturated carbocycles. The van der Waals surface area contributed by atoms with Crippen molar-refractivity contribution in [2.45, 2.75) is 118 Å². The third kappa shape index (κ3) is 6.27. The fourth-order valence-electron chi connectivity index (χ4n) is 9.83. The molecule has 1 aliphatic heterocycles. The fourth-order valence-corrected chi connectivity index (χ4v) is 9.83. The number of methoxy groups -OCH3 is 1. The maximum Gasteiger partial charge on any atom is 0.352 e. The molecule has 1 aromatic rings. The van der Waals surface area contributed by atoms with Crippen LogP contribution < -0.4 is 0 Å². The van der Waals surface area contributed by atoms with Crippen LogP contribution in [0.15, 0.2) is 57.5 Å². The standard InChI is InChI=1S/C41H50O15/c1-12-19(3)32(44)54-27-26-25-24(14-16-39(26,9)30(55-35(27)47)23-15-17-51-18-23)40(10)29(28(34(46)50-11)52-21(5)42)38(7,8)37(56-33(45)20(4)13-2)41(49,36(40)48)31(25)53-22(6)43/h12-13,15,17-18,24,27-31,37,49H,14,16H2,1-11H3/t24-,27+,28+,29-,30-,31-,37-,39+,40+,41-/m0/s1. The summed E-state index contributed by atoms with van der Waals surface area (Å²) in [6.45, 7) is 14.6. The number of Topliss-reactive ketones (excluding diaryl/α,β-unsaturated/α-hetero) is 1. The Labute approximate surface area is 324 Å². The van der Waals surface area contributed by atoms with Crippen molar-refractivity contribution in [1.82, 2.24) is 0 Å². The molecule has 0 spiro atoms. The molecule has 1 aromatic heterocycles. The molecule has 0 unspecified atom stereocenters. The lowest BCUT2D eigenvalue weighted by Gasteiger charge is -2.67. The third-order valence-electron chi connectivity index (χ3n) is 12.4. The largest absolute Gasteiger partial charge is 0.472 e. The Hall–Kier alpha value is -5.05. The van der Waals surface area contributed by atoms with E-state index in [4.69, 9.17) is 32.8 Å². The summed E-state index contributed by atoms with van der Waals surface area (Å²) in [6.07, 6.45) is -2.50. The van der Waals surface area contributed by atoms with Gasteiger partial charge in [-0.2, -0.15) is 0 Å². The highest BCUT2D eigenvalue weighted by Gasteiger charge is 2.80. The lowest BCUT2D eigenvalue weighted by atomic mass is 9.38. The van der Waals surface area contributed by atoms with E-state index < -0.39 is 106 Å². The summed E-state index contributed by atoms with van der Waals surface area (Å²) in [6, 6.07) is 1.60. The van der Waals surface area contributed by atoms with Crippen LogP contribution in [0.2, 0.25) is 0 Å². The number of ketones is 1. The van der Waals surface area contributed by atoms with Gasteiger partial charge in [-0.3, -0.25) is 14.4 Å². The van der Waals surface area contributed by atoms with Gasteiger partial charge in [-0.05, 0) is 63.7 Å². The topological polar surface area (TPSA) is 208 Å². The highest BCUT2D eigenvalue weighted by Crippen LogP contribution is 2.70. The summed E-state index contributed by atoms with van der Waals surface area (Å²) in [5.41, 5.74) is -6.89. The van der Waals surface area contributed by atoms with Crippen molar-refractivity contribution in [3.63, 3.8) is 0 Å². The molecule has 0 aromatic carbocycles. The molecule has 10 atom stereocenters. The Morgan fingerprint density at radius 2 is 1.52 bits per heavy atom. The number of ether oxygens (including phenoxy) is 6. The van der Waals surface area contributed by atoms with Crippen molar-refractivity contribution in [3.8, 4) is 0 Å². The van der Waals surface area contributed by atoms with Gasteiger partial charge in [0.15, 0.2) is 11.9 Å². The Kier molecular flexibility index (Phi) is 11.1. The van der Waals surface area contributed by atoms with E-state index in [1.807, 2.05) is 0 Å². The van der Waals surface area contributed by atoms with Gasteiger partial charge < -0.3 is 37.9 Å². The van der Waals surface area contributed by atoms with Crippen molar-refractivity contribution in [2.75, 3.05) is 7.11 Å². The molecule has 3 aliphatic carbocycles. The first-order valence-electron chi connectivity index (χ1n) is 18.4. The van der Waals surface area contributed by atoms with E-state index in [1.165, 1.54) is 45.4 Å². The van der Waals surface area contributed by atoms with Gasteiger partial charge in [-0.15, -0.1) is 0 Å². The van der Waals surface area contributed by atoms with E-state index in [0.717, 1.165) is 21.0 Å². The summed E-state index contributed by atoms with van der Waals surface area (Å²) in [5, 5.41) is 13.3. The van der Waals surface area contributed by atoms with Gasteiger partial charge in [0.25, 0.3) is 0 Å².